The van der Waals surface area contributed by atoms with E-state index in [1.54, 1.807) is 6.20 Å². The zero-order valence-electron chi connectivity index (χ0n) is 15.8. The number of nitrogens with one attached hydrogen (secondary N) is 2. The lowest BCUT2D eigenvalue weighted by Gasteiger charge is -2.29. The first-order valence-corrected chi connectivity index (χ1v) is 10.4. The molecular weight excluding hydrogens is 453 g/mol. The number of carbonyl (C=O) groups is 1. The number of amides is 1. The number of anilines is 2. The highest BCUT2D eigenvalue weighted by Crippen LogP contribution is 2.22. The van der Waals surface area contributed by atoms with E-state index in [-0.39, 0.29) is 11.9 Å². The van der Waals surface area contributed by atoms with Crippen LogP contribution in [-0.2, 0) is 11.2 Å². The smallest absolute Gasteiger partial charge is 0.224 e. The Kier molecular flexibility index (Phi) is 6.87. The molecule has 2 aromatic rings. The molecule has 0 bridgehead atoms. The summed E-state index contributed by atoms with van der Waals surface area (Å²) in [6, 6.07) is 10.5. The maximum atomic E-state index is 12.4. The molecule has 1 aliphatic rings. The Labute approximate surface area is 174 Å². The molecule has 6 nitrogen and oxygen atoms in total. The van der Waals surface area contributed by atoms with Crippen molar-refractivity contribution in [3.8, 4) is 0 Å². The van der Waals surface area contributed by atoms with Gasteiger partial charge < -0.3 is 15.5 Å². The minimum absolute atomic E-state index is 0.109. The summed E-state index contributed by atoms with van der Waals surface area (Å²) < 4.78 is 1.14. The Balaban J connectivity index is 1.45. The first-order valence-electron chi connectivity index (χ1n) is 9.31. The minimum atomic E-state index is 0.109. The topological polar surface area (TPSA) is 70.2 Å². The van der Waals surface area contributed by atoms with E-state index in [4.69, 9.17) is 0 Å². The fraction of sp³-hybridized carbons (Fsp3) is 0.450. The van der Waals surface area contributed by atoms with E-state index >= 15 is 0 Å². The summed E-state index contributed by atoms with van der Waals surface area (Å²) in [6.45, 7) is 0. The standard InChI is InChI=1S/C20H26IN5O/c1-26(2)18-11-12-22-20(25-18)24-16-9-7-15(8-10-16)23-19(27)13-14-5-3-4-6-17(14)21/h3-6,11-12,15-16H,7-10,13H2,1-2H3,(H,23,27)(H,22,24,25). The average Bonchev–Trinajstić information content (AvgIpc) is 2.65. The predicted molar refractivity (Wildman–Crippen MR) is 117 cm³/mol. The summed E-state index contributed by atoms with van der Waals surface area (Å²) in [6.07, 6.45) is 6.18. The van der Waals surface area contributed by atoms with Gasteiger partial charge in [-0.25, -0.2) is 4.98 Å². The molecule has 0 spiro atoms. The molecule has 1 fully saturated rings. The first-order chi connectivity index (χ1) is 13.0. The maximum absolute atomic E-state index is 12.4. The van der Waals surface area contributed by atoms with Crippen LogP contribution in [0.4, 0.5) is 11.8 Å². The Morgan fingerprint density at radius 1 is 1.15 bits per heavy atom. The van der Waals surface area contributed by atoms with E-state index < -0.39 is 0 Å². The van der Waals surface area contributed by atoms with Crippen LogP contribution in [0.25, 0.3) is 0 Å². The van der Waals surface area contributed by atoms with Gasteiger partial charge in [-0.15, -0.1) is 0 Å². The molecule has 2 N–H and O–H groups in total. The van der Waals surface area contributed by atoms with E-state index in [0.717, 1.165) is 40.6 Å². The van der Waals surface area contributed by atoms with Crippen molar-refractivity contribution in [2.24, 2.45) is 0 Å². The van der Waals surface area contributed by atoms with Crippen molar-refractivity contribution in [3.05, 3.63) is 45.7 Å². The summed E-state index contributed by atoms with van der Waals surface area (Å²) in [4.78, 5) is 23.2. The van der Waals surface area contributed by atoms with Crippen molar-refractivity contribution in [2.75, 3.05) is 24.3 Å². The van der Waals surface area contributed by atoms with Crippen LogP contribution in [0, 0.1) is 3.57 Å². The van der Waals surface area contributed by atoms with Crippen molar-refractivity contribution in [1.29, 1.82) is 0 Å². The molecule has 1 saturated carbocycles. The van der Waals surface area contributed by atoms with Crippen LogP contribution in [0.5, 0.6) is 0 Å². The zero-order valence-corrected chi connectivity index (χ0v) is 17.9. The van der Waals surface area contributed by atoms with Crippen LogP contribution >= 0.6 is 22.6 Å². The van der Waals surface area contributed by atoms with Gasteiger partial charge in [-0.3, -0.25) is 4.79 Å². The molecule has 0 unspecified atom stereocenters. The molecule has 1 amide bonds. The summed E-state index contributed by atoms with van der Waals surface area (Å²) in [5, 5.41) is 6.63. The van der Waals surface area contributed by atoms with Gasteiger partial charge >= 0.3 is 0 Å². The van der Waals surface area contributed by atoms with Gasteiger partial charge in [0.15, 0.2) is 0 Å². The third-order valence-corrected chi connectivity index (χ3v) is 5.89. The molecule has 3 rings (SSSR count). The molecule has 1 aromatic heterocycles. The highest BCUT2D eigenvalue weighted by atomic mass is 127. The van der Waals surface area contributed by atoms with Gasteiger partial charge in [-0.05, 0) is 66.0 Å². The molecule has 144 valence electrons. The fourth-order valence-corrected chi connectivity index (χ4v) is 3.90. The molecule has 0 radical (unpaired) electrons. The fourth-order valence-electron chi connectivity index (χ4n) is 3.33. The number of carbonyl (C=O) groups excluding carboxylic acids is 1. The van der Waals surface area contributed by atoms with E-state index in [0.29, 0.717) is 18.4 Å². The number of hydrogen-bond donors (Lipinski definition) is 2. The summed E-state index contributed by atoms with van der Waals surface area (Å²) in [5.74, 6) is 1.67. The molecule has 1 aromatic carbocycles. The van der Waals surface area contributed by atoms with Crippen molar-refractivity contribution in [1.82, 2.24) is 15.3 Å². The van der Waals surface area contributed by atoms with Gasteiger partial charge in [0.1, 0.15) is 5.82 Å². The zero-order chi connectivity index (χ0) is 19.2. The van der Waals surface area contributed by atoms with Gasteiger partial charge in [0.05, 0.1) is 6.42 Å². The van der Waals surface area contributed by atoms with Crippen molar-refractivity contribution < 1.29 is 4.79 Å². The van der Waals surface area contributed by atoms with Crippen LogP contribution in [0.15, 0.2) is 36.5 Å². The van der Waals surface area contributed by atoms with Gasteiger partial charge in [0.25, 0.3) is 0 Å². The predicted octanol–water partition coefficient (Wildman–Crippen LogP) is 3.23. The molecule has 27 heavy (non-hydrogen) atoms. The third-order valence-electron chi connectivity index (χ3n) is 4.83. The van der Waals surface area contributed by atoms with Gasteiger partial charge in [-0.1, -0.05) is 18.2 Å². The molecule has 0 saturated heterocycles. The van der Waals surface area contributed by atoms with Crippen molar-refractivity contribution in [3.63, 3.8) is 0 Å². The minimum Gasteiger partial charge on any atom is -0.363 e. The second kappa shape index (κ2) is 9.34. The monoisotopic (exact) mass is 479 g/mol. The van der Waals surface area contributed by atoms with E-state index in [1.807, 2.05) is 49.3 Å². The number of rotatable bonds is 6. The van der Waals surface area contributed by atoms with Crippen molar-refractivity contribution in [2.45, 2.75) is 44.2 Å². The Morgan fingerprint density at radius 3 is 2.56 bits per heavy atom. The number of halogens is 1. The Hall–Kier alpha value is -1.90. The van der Waals surface area contributed by atoms with Gasteiger partial charge in [-0.2, -0.15) is 4.98 Å². The van der Waals surface area contributed by atoms with Gasteiger partial charge in [0, 0.05) is 35.9 Å². The maximum Gasteiger partial charge on any atom is 0.224 e. The third kappa shape index (κ3) is 5.79. The van der Waals surface area contributed by atoms with E-state index in [9.17, 15) is 4.79 Å². The lowest BCUT2D eigenvalue weighted by molar-refractivity contribution is -0.121. The number of hydrogen-bond acceptors (Lipinski definition) is 5. The normalized spacial score (nSPS) is 19.4. The van der Waals surface area contributed by atoms with Crippen molar-refractivity contribution >= 4 is 40.3 Å². The highest BCUT2D eigenvalue weighted by molar-refractivity contribution is 14.1. The highest BCUT2D eigenvalue weighted by Gasteiger charge is 2.23. The first kappa shape index (κ1) is 19.9. The van der Waals surface area contributed by atoms with Crippen LogP contribution in [0.1, 0.15) is 31.2 Å². The summed E-state index contributed by atoms with van der Waals surface area (Å²) in [7, 11) is 3.94. The number of aromatic nitrogens is 2. The van der Waals surface area contributed by atoms with Crippen LogP contribution < -0.4 is 15.5 Å². The average molecular weight is 479 g/mol. The number of nitrogens with zero attached hydrogens (tertiary/aromatic N) is 3. The molecule has 0 aliphatic heterocycles. The van der Waals surface area contributed by atoms with E-state index in [1.165, 1.54) is 0 Å². The largest absolute Gasteiger partial charge is 0.363 e. The van der Waals surface area contributed by atoms with E-state index in [2.05, 4.69) is 43.2 Å². The lowest BCUT2D eigenvalue weighted by atomic mass is 9.91. The SMILES string of the molecule is CN(C)c1ccnc(NC2CCC(NC(=O)Cc3ccccc3I)CC2)n1. The second-order valence-corrected chi connectivity index (χ2v) is 8.32. The van der Waals surface area contributed by atoms with Gasteiger partial charge in [0.2, 0.25) is 11.9 Å². The van der Waals surface area contributed by atoms with Crippen LogP contribution in [0.2, 0.25) is 0 Å². The number of benzene rings is 1. The van der Waals surface area contributed by atoms with Crippen LogP contribution in [-0.4, -0.2) is 42.1 Å². The molecule has 0 atom stereocenters. The summed E-state index contributed by atoms with van der Waals surface area (Å²) >= 11 is 2.28. The summed E-state index contributed by atoms with van der Waals surface area (Å²) in [5.41, 5.74) is 1.09. The molecule has 1 aliphatic carbocycles. The molecular formula is C20H26IN5O. The molecule has 7 heteroatoms. The second-order valence-electron chi connectivity index (χ2n) is 7.16. The Morgan fingerprint density at radius 2 is 1.85 bits per heavy atom. The Bertz CT molecular complexity index is 774. The van der Waals surface area contributed by atoms with Crippen LogP contribution in [0.3, 0.4) is 0 Å². The quantitative estimate of drug-likeness (QED) is 0.623. The lowest BCUT2D eigenvalue weighted by Crippen LogP contribution is -2.41. The molecule has 1 heterocycles.